The van der Waals surface area contributed by atoms with Crippen LogP contribution in [0.25, 0.3) is 5.57 Å². The molecular formula is C22H21F4NO. The fraction of sp³-hybridized carbons (Fsp3) is 0.364. The number of alkyl halides is 4. The van der Waals surface area contributed by atoms with Crippen molar-refractivity contribution in [2.45, 2.75) is 50.4 Å². The Balaban J connectivity index is 1.52. The van der Waals surface area contributed by atoms with E-state index in [-0.39, 0.29) is 5.75 Å². The molecule has 2 unspecified atom stereocenters. The van der Waals surface area contributed by atoms with Gasteiger partial charge in [-0.25, -0.2) is 0 Å². The summed E-state index contributed by atoms with van der Waals surface area (Å²) in [6.07, 6.45) is -3.25. The summed E-state index contributed by atoms with van der Waals surface area (Å²) < 4.78 is 55.4. The molecule has 0 radical (unpaired) electrons. The van der Waals surface area contributed by atoms with Gasteiger partial charge in [0.2, 0.25) is 0 Å². The molecule has 0 amide bonds. The highest BCUT2D eigenvalue weighted by Gasteiger charge is 2.44. The number of hydrogen-bond acceptors (Lipinski definition) is 2. The zero-order valence-corrected chi connectivity index (χ0v) is 15.2. The third-order valence-corrected chi connectivity index (χ3v) is 5.46. The first-order chi connectivity index (χ1) is 13.4. The Hall–Kier alpha value is -2.34. The van der Waals surface area contributed by atoms with E-state index in [4.69, 9.17) is 0 Å². The van der Waals surface area contributed by atoms with Crippen molar-refractivity contribution in [3.8, 4) is 5.75 Å². The van der Waals surface area contributed by atoms with Gasteiger partial charge in [-0.15, -0.1) is 0 Å². The van der Waals surface area contributed by atoms with Crippen LogP contribution in [0, 0.1) is 0 Å². The highest BCUT2D eigenvalue weighted by atomic mass is 19.3. The van der Waals surface area contributed by atoms with Gasteiger partial charge in [0.05, 0.1) is 0 Å². The molecule has 28 heavy (non-hydrogen) atoms. The number of halogens is 4. The van der Waals surface area contributed by atoms with Crippen molar-refractivity contribution in [3.63, 3.8) is 0 Å². The van der Waals surface area contributed by atoms with Crippen molar-refractivity contribution >= 4 is 5.57 Å². The third kappa shape index (κ3) is 3.92. The Bertz CT molecular complexity index is 853. The largest absolute Gasteiger partial charge is 0.461 e. The molecule has 2 aliphatic heterocycles. The van der Waals surface area contributed by atoms with E-state index in [9.17, 15) is 17.6 Å². The van der Waals surface area contributed by atoms with Gasteiger partial charge in [-0.3, -0.25) is 4.90 Å². The molecule has 2 aliphatic rings. The van der Waals surface area contributed by atoms with Crippen LogP contribution in [0.4, 0.5) is 17.6 Å². The molecule has 4 rings (SSSR count). The van der Waals surface area contributed by atoms with Crippen LogP contribution in [-0.4, -0.2) is 29.5 Å². The summed E-state index contributed by atoms with van der Waals surface area (Å²) in [5, 5.41) is 0. The Kier molecular flexibility index (Phi) is 5.15. The molecular weight excluding hydrogens is 370 g/mol. The second kappa shape index (κ2) is 7.59. The molecule has 0 aliphatic carbocycles. The van der Waals surface area contributed by atoms with Crippen LogP contribution < -0.4 is 4.74 Å². The second-order valence-corrected chi connectivity index (χ2v) is 7.34. The zero-order valence-electron chi connectivity index (χ0n) is 15.2. The van der Waals surface area contributed by atoms with Crippen LogP contribution in [0.5, 0.6) is 5.75 Å². The lowest BCUT2D eigenvalue weighted by molar-refractivity contribution is -0.253. The summed E-state index contributed by atoms with van der Waals surface area (Å²) in [7, 11) is 0. The molecule has 0 aromatic heterocycles. The van der Waals surface area contributed by atoms with Crippen LogP contribution in [0.1, 0.15) is 30.4 Å². The minimum atomic E-state index is -4.49. The number of benzene rings is 2. The van der Waals surface area contributed by atoms with Crippen molar-refractivity contribution in [2.75, 3.05) is 0 Å². The molecule has 0 N–H and O–H groups in total. The predicted molar refractivity (Wildman–Crippen MR) is 99.4 cm³/mol. The first kappa shape index (κ1) is 19.0. The number of rotatable bonds is 6. The minimum Gasteiger partial charge on any atom is -0.428 e. The maximum atomic E-state index is 13.2. The third-order valence-electron chi connectivity index (χ3n) is 5.46. The van der Waals surface area contributed by atoms with Crippen LogP contribution in [-0.2, 0) is 6.54 Å². The van der Waals surface area contributed by atoms with Crippen molar-refractivity contribution in [1.82, 2.24) is 4.90 Å². The van der Waals surface area contributed by atoms with Crippen LogP contribution >= 0.6 is 0 Å². The van der Waals surface area contributed by atoms with Gasteiger partial charge in [-0.2, -0.15) is 17.6 Å². The maximum Gasteiger partial charge on any atom is 0.461 e. The molecule has 6 heteroatoms. The standard InChI is InChI=1S/C22H21F4NO/c23-21(24)22(25,26)28-20-8-4-7-16(13-20)17-11-18-9-10-19(12-17)27(18)14-15-5-2-1-3-6-15/h1-8,11,13,18-19,21H,9-10,12,14H2. The average molecular weight is 391 g/mol. The summed E-state index contributed by atoms with van der Waals surface area (Å²) in [5.74, 6) is -0.247. The molecule has 2 nitrogen and oxygen atoms in total. The predicted octanol–water partition coefficient (Wildman–Crippen LogP) is 5.74. The average Bonchev–Trinajstić information content (AvgIpc) is 2.89. The lowest BCUT2D eigenvalue weighted by atomic mass is 9.94. The summed E-state index contributed by atoms with van der Waals surface area (Å²) in [4.78, 5) is 2.48. The van der Waals surface area contributed by atoms with E-state index in [2.05, 4.69) is 27.8 Å². The van der Waals surface area contributed by atoms with Crippen LogP contribution in [0.15, 0.2) is 60.7 Å². The van der Waals surface area contributed by atoms with Gasteiger partial charge in [-0.1, -0.05) is 48.5 Å². The molecule has 1 saturated heterocycles. The molecule has 0 spiro atoms. The smallest absolute Gasteiger partial charge is 0.428 e. The van der Waals surface area contributed by atoms with E-state index in [1.807, 2.05) is 24.3 Å². The van der Waals surface area contributed by atoms with E-state index in [1.165, 1.54) is 17.7 Å². The lowest BCUT2D eigenvalue weighted by Gasteiger charge is -2.34. The van der Waals surface area contributed by atoms with Crippen LogP contribution in [0.2, 0.25) is 0 Å². The summed E-state index contributed by atoms with van der Waals surface area (Å²) >= 11 is 0. The second-order valence-electron chi connectivity index (χ2n) is 7.34. The number of hydrogen-bond donors (Lipinski definition) is 0. The fourth-order valence-corrected chi connectivity index (χ4v) is 4.13. The van der Waals surface area contributed by atoms with Crippen molar-refractivity contribution in [3.05, 3.63) is 71.8 Å². The molecule has 2 aromatic rings. The van der Waals surface area contributed by atoms with Crippen molar-refractivity contribution in [2.24, 2.45) is 0 Å². The van der Waals surface area contributed by atoms with Crippen molar-refractivity contribution in [1.29, 1.82) is 0 Å². The van der Waals surface area contributed by atoms with Gasteiger partial charge in [0.25, 0.3) is 0 Å². The van der Waals surface area contributed by atoms with Gasteiger partial charge < -0.3 is 4.74 Å². The molecule has 2 aromatic carbocycles. The number of fused-ring (bicyclic) bond motifs is 2. The monoisotopic (exact) mass is 391 g/mol. The number of nitrogens with zero attached hydrogens (tertiary/aromatic N) is 1. The topological polar surface area (TPSA) is 12.5 Å². The molecule has 148 valence electrons. The Morgan fingerprint density at radius 3 is 2.54 bits per heavy atom. The van der Waals surface area contributed by atoms with Crippen LogP contribution in [0.3, 0.4) is 0 Å². The first-order valence-electron chi connectivity index (χ1n) is 9.38. The van der Waals surface area contributed by atoms with Gasteiger partial charge in [0, 0.05) is 18.6 Å². The Morgan fingerprint density at radius 2 is 1.82 bits per heavy atom. The number of ether oxygens (including phenoxy) is 1. The Morgan fingerprint density at radius 1 is 1.04 bits per heavy atom. The normalized spacial score (nSPS) is 22.4. The van der Waals surface area contributed by atoms with Gasteiger partial charge in [0.15, 0.2) is 0 Å². The fourth-order valence-electron chi connectivity index (χ4n) is 4.13. The summed E-state index contributed by atoms with van der Waals surface area (Å²) in [6, 6.07) is 17.0. The Labute approximate surface area is 161 Å². The van der Waals surface area contributed by atoms with E-state index >= 15 is 0 Å². The quantitative estimate of drug-likeness (QED) is 0.582. The molecule has 2 atom stereocenters. The van der Waals surface area contributed by atoms with E-state index in [1.54, 1.807) is 6.07 Å². The van der Waals surface area contributed by atoms with Gasteiger partial charge >= 0.3 is 12.5 Å². The zero-order chi connectivity index (χ0) is 19.7. The molecule has 0 saturated carbocycles. The lowest BCUT2D eigenvalue weighted by Crippen LogP contribution is -2.37. The van der Waals surface area contributed by atoms with Gasteiger partial charge in [-0.05, 0) is 48.1 Å². The van der Waals surface area contributed by atoms with Gasteiger partial charge in [0.1, 0.15) is 5.75 Å². The first-order valence-corrected chi connectivity index (χ1v) is 9.38. The SMILES string of the molecule is FC(F)C(F)(F)Oc1cccc(C2=CC3CCC(C2)N3Cc2ccccc2)c1. The highest BCUT2D eigenvalue weighted by Crippen LogP contribution is 2.40. The maximum absolute atomic E-state index is 13.2. The molecule has 1 fully saturated rings. The van der Waals surface area contributed by atoms with E-state index in [0.717, 1.165) is 36.9 Å². The minimum absolute atomic E-state index is 0.247. The van der Waals surface area contributed by atoms with E-state index in [0.29, 0.717) is 12.1 Å². The van der Waals surface area contributed by atoms with E-state index < -0.39 is 12.5 Å². The van der Waals surface area contributed by atoms with Crippen molar-refractivity contribution < 1.29 is 22.3 Å². The summed E-state index contributed by atoms with van der Waals surface area (Å²) in [5.41, 5.74) is 3.07. The molecule has 2 heterocycles. The highest BCUT2D eigenvalue weighted by molar-refractivity contribution is 5.69. The summed E-state index contributed by atoms with van der Waals surface area (Å²) in [6.45, 7) is 0.879. The molecule has 2 bridgehead atoms.